The molecule has 0 amide bonds. The predicted molar refractivity (Wildman–Crippen MR) is 98.9 cm³/mol. The molecule has 0 atom stereocenters. The summed E-state index contributed by atoms with van der Waals surface area (Å²) in [4.78, 5) is 6.61. The van der Waals surface area contributed by atoms with Gasteiger partial charge in [0, 0.05) is 26.1 Å². The van der Waals surface area contributed by atoms with E-state index >= 15 is 4.39 Å². The van der Waals surface area contributed by atoms with Crippen LogP contribution in [0.15, 0.2) is 59.6 Å². The summed E-state index contributed by atoms with van der Waals surface area (Å²) in [6.45, 7) is 2.12. The molecule has 25 heavy (non-hydrogen) atoms. The van der Waals surface area contributed by atoms with Crippen LogP contribution < -0.4 is 5.73 Å². The third kappa shape index (κ3) is 4.57. The number of halogens is 1. The number of aromatic hydroxyl groups is 1. The first-order valence-electron chi connectivity index (χ1n) is 8.64. The molecule has 0 bridgehead atoms. The van der Waals surface area contributed by atoms with Crippen LogP contribution in [-0.4, -0.2) is 35.5 Å². The number of alkyl halides is 1. The van der Waals surface area contributed by atoms with Gasteiger partial charge in [0.25, 0.3) is 0 Å². The molecule has 132 valence electrons. The highest BCUT2D eigenvalue weighted by Gasteiger charge is 2.36. The van der Waals surface area contributed by atoms with Crippen LogP contribution >= 0.6 is 0 Å². The van der Waals surface area contributed by atoms with Crippen molar-refractivity contribution in [3.05, 3.63) is 60.2 Å². The molecule has 0 unspecified atom stereocenters. The molecule has 0 spiro atoms. The van der Waals surface area contributed by atoms with E-state index < -0.39 is 5.67 Å². The Morgan fingerprint density at radius 2 is 1.84 bits per heavy atom. The zero-order valence-electron chi connectivity index (χ0n) is 14.2. The normalized spacial score (nSPS) is 18.2. The number of piperidine rings is 1. The quantitative estimate of drug-likeness (QED) is 0.643. The maximum absolute atomic E-state index is 15.2. The van der Waals surface area contributed by atoms with E-state index in [1.54, 1.807) is 18.2 Å². The fraction of sp³-hybridized carbons (Fsp3) is 0.350. The molecule has 0 saturated carbocycles. The van der Waals surface area contributed by atoms with Crippen molar-refractivity contribution in [1.29, 1.82) is 0 Å². The van der Waals surface area contributed by atoms with Gasteiger partial charge in [-0.3, -0.25) is 0 Å². The van der Waals surface area contributed by atoms with Crippen LogP contribution in [0.4, 0.5) is 10.1 Å². The van der Waals surface area contributed by atoms with Gasteiger partial charge in [-0.05, 0) is 42.7 Å². The highest BCUT2D eigenvalue weighted by molar-refractivity contribution is 5.83. The lowest BCUT2D eigenvalue weighted by Crippen LogP contribution is -2.41. The third-order valence-corrected chi connectivity index (χ3v) is 4.73. The second-order valence-electron chi connectivity index (χ2n) is 6.55. The Balaban J connectivity index is 1.52. The van der Waals surface area contributed by atoms with Crippen LogP contribution in [0.1, 0.15) is 24.8 Å². The third-order valence-electron chi connectivity index (χ3n) is 4.73. The van der Waals surface area contributed by atoms with Crippen molar-refractivity contribution in [3.8, 4) is 5.75 Å². The van der Waals surface area contributed by atoms with Crippen LogP contribution in [0.5, 0.6) is 5.75 Å². The van der Waals surface area contributed by atoms with Crippen molar-refractivity contribution >= 4 is 11.5 Å². The van der Waals surface area contributed by atoms with E-state index in [0.717, 1.165) is 12.2 Å². The highest BCUT2D eigenvalue weighted by atomic mass is 19.1. The van der Waals surface area contributed by atoms with Crippen molar-refractivity contribution in [3.63, 3.8) is 0 Å². The SMILES string of the molecule is NC(CCN1CCC(F)(c2cccc(O)c2)CC1)=Nc1ccccc1. The number of hydrogen-bond donors (Lipinski definition) is 2. The number of likely N-dealkylation sites (tertiary alicyclic amines) is 1. The number of para-hydroxylation sites is 1. The Morgan fingerprint density at radius 3 is 2.52 bits per heavy atom. The Bertz CT molecular complexity index is 725. The van der Waals surface area contributed by atoms with E-state index in [1.165, 1.54) is 6.07 Å². The molecule has 0 aromatic heterocycles. The number of hydrogen-bond acceptors (Lipinski definition) is 3. The minimum absolute atomic E-state index is 0.113. The van der Waals surface area contributed by atoms with Crippen molar-refractivity contribution in [2.45, 2.75) is 24.9 Å². The minimum Gasteiger partial charge on any atom is -0.508 e. The van der Waals surface area contributed by atoms with Gasteiger partial charge in [0.2, 0.25) is 0 Å². The minimum atomic E-state index is -1.36. The molecule has 5 heteroatoms. The fourth-order valence-corrected chi connectivity index (χ4v) is 3.20. The summed E-state index contributed by atoms with van der Waals surface area (Å²) in [5.41, 5.74) is 6.06. The zero-order valence-corrected chi connectivity index (χ0v) is 14.2. The number of nitrogens with two attached hydrogens (primary N) is 1. The average Bonchev–Trinajstić information content (AvgIpc) is 2.62. The van der Waals surface area contributed by atoms with E-state index in [2.05, 4.69) is 9.89 Å². The maximum atomic E-state index is 15.2. The van der Waals surface area contributed by atoms with Crippen molar-refractivity contribution in [1.82, 2.24) is 4.90 Å². The number of nitrogens with zero attached hydrogens (tertiary/aromatic N) is 2. The Labute approximate surface area is 147 Å². The lowest BCUT2D eigenvalue weighted by Gasteiger charge is -2.36. The first kappa shape index (κ1) is 17.4. The molecule has 0 aliphatic carbocycles. The number of aliphatic imine (C=N–C) groups is 1. The summed E-state index contributed by atoms with van der Waals surface area (Å²) < 4.78 is 15.2. The summed E-state index contributed by atoms with van der Waals surface area (Å²) in [6.07, 6.45) is 1.51. The number of phenolic OH excluding ortho intramolecular Hbond substituents is 1. The van der Waals surface area contributed by atoms with Crippen LogP contribution in [0, 0.1) is 0 Å². The van der Waals surface area contributed by atoms with Crippen molar-refractivity contribution < 1.29 is 9.50 Å². The maximum Gasteiger partial charge on any atom is 0.138 e. The molecular formula is C20H24FN3O. The van der Waals surface area contributed by atoms with Gasteiger partial charge in [0.1, 0.15) is 17.3 Å². The first-order chi connectivity index (χ1) is 12.0. The predicted octanol–water partition coefficient (Wildman–Crippen LogP) is 3.73. The number of amidine groups is 1. The van der Waals surface area contributed by atoms with Gasteiger partial charge >= 0.3 is 0 Å². The second kappa shape index (κ2) is 7.66. The summed E-state index contributed by atoms with van der Waals surface area (Å²) in [5.74, 6) is 0.707. The Kier molecular flexibility index (Phi) is 5.34. The van der Waals surface area contributed by atoms with Crippen LogP contribution in [0.3, 0.4) is 0 Å². The molecule has 2 aromatic carbocycles. The van der Waals surface area contributed by atoms with Gasteiger partial charge in [0.05, 0.1) is 5.69 Å². The molecule has 0 radical (unpaired) electrons. The number of phenols is 1. The van der Waals surface area contributed by atoms with Gasteiger partial charge < -0.3 is 15.7 Å². The lowest BCUT2D eigenvalue weighted by molar-refractivity contribution is 0.0570. The second-order valence-corrected chi connectivity index (χ2v) is 6.55. The molecule has 3 rings (SSSR count). The summed E-state index contributed by atoms with van der Waals surface area (Å²) in [7, 11) is 0. The van der Waals surface area contributed by atoms with Crippen LogP contribution in [0.25, 0.3) is 0 Å². The van der Waals surface area contributed by atoms with Crippen molar-refractivity contribution in [2.24, 2.45) is 10.7 Å². The molecule has 1 fully saturated rings. The number of rotatable bonds is 5. The molecular weight excluding hydrogens is 317 g/mol. The molecule has 1 aliphatic rings. The van der Waals surface area contributed by atoms with E-state index in [0.29, 0.717) is 43.8 Å². The van der Waals surface area contributed by atoms with Crippen LogP contribution in [-0.2, 0) is 5.67 Å². The van der Waals surface area contributed by atoms with Crippen molar-refractivity contribution in [2.75, 3.05) is 19.6 Å². The molecule has 1 aliphatic heterocycles. The standard InChI is InChI=1S/C20H24FN3O/c21-20(16-5-4-8-18(25)15-16)10-13-24(14-11-20)12-9-19(22)23-17-6-2-1-3-7-17/h1-8,15,25H,9-14H2,(H2,22,23). The molecule has 1 heterocycles. The monoisotopic (exact) mass is 341 g/mol. The highest BCUT2D eigenvalue weighted by Crippen LogP contribution is 2.38. The molecule has 2 aromatic rings. The molecule has 3 N–H and O–H groups in total. The molecule has 1 saturated heterocycles. The Morgan fingerprint density at radius 1 is 1.12 bits per heavy atom. The van der Waals surface area contributed by atoms with Gasteiger partial charge in [-0.1, -0.05) is 30.3 Å². The largest absolute Gasteiger partial charge is 0.508 e. The van der Waals surface area contributed by atoms with E-state index in [4.69, 9.17) is 5.73 Å². The van der Waals surface area contributed by atoms with Gasteiger partial charge in [0.15, 0.2) is 0 Å². The van der Waals surface area contributed by atoms with Crippen LogP contribution in [0.2, 0.25) is 0 Å². The van der Waals surface area contributed by atoms with Gasteiger partial charge in [-0.25, -0.2) is 9.38 Å². The van der Waals surface area contributed by atoms with E-state index in [1.807, 2.05) is 30.3 Å². The van der Waals surface area contributed by atoms with E-state index in [-0.39, 0.29) is 5.75 Å². The average molecular weight is 341 g/mol. The summed E-state index contributed by atoms with van der Waals surface area (Å²) >= 11 is 0. The Hall–Kier alpha value is -2.40. The first-order valence-corrected chi connectivity index (χ1v) is 8.64. The summed E-state index contributed by atoms with van der Waals surface area (Å²) in [5, 5.41) is 9.57. The van der Waals surface area contributed by atoms with Gasteiger partial charge in [-0.15, -0.1) is 0 Å². The van der Waals surface area contributed by atoms with E-state index in [9.17, 15) is 5.11 Å². The molecule has 4 nitrogen and oxygen atoms in total. The zero-order chi connectivity index (χ0) is 17.7. The van der Waals surface area contributed by atoms with Gasteiger partial charge in [-0.2, -0.15) is 0 Å². The lowest BCUT2D eigenvalue weighted by atomic mass is 9.86. The topological polar surface area (TPSA) is 61.8 Å². The summed E-state index contributed by atoms with van der Waals surface area (Å²) in [6, 6.07) is 16.2. The number of benzene rings is 2. The smallest absolute Gasteiger partial charge is 0.138 e. The fourth-order valence-electron chi connectivity index (χ4n) is 3.20.